The van der Waals surface area contributed by atoms with Gasteiger partial charge in [0.2, 0.25) is 0 Å². The first kappa shape index (κ1) is 26.9. The van der Waals surface area contributed by atoms with Gasteiger partial charge in [0, 0.05) is 23.5 Å². The molecule has 0 atom stereocenters. The molecule has 10 heteroatoms. The Bertz CT molecular complexity index is 1680. The quantitative estimate of drug-likeness (QED) is 0.213. The van der Waals surface area contributed by atoms with E-state index in [-0.39, 0.29) is 11.6 Å². The van der Waals surface area contributed by atoms with E-state index in [0.717, 1.165) is 50.4 Å². The van der Waals surface area contributed by atoms with Crippen LogP contribution in [0.2, 0.25) is 0 Å². The predicted octanol–water partition coefficient (Wildman–Crippen LogP) is 6.62. The van der Waals surface area contributed by atoms with E-state index in [9.17, 15) is 14.7 Å². The van der Waals surface area contributed by atoms with E-state index in [1.807, 2.05) is 60.7 Å². The van der Waals surface area contributed by atoms with Crippen LogP contribution >= 0.6 is 22.7 Å². The highest BCUT2D eigenvalue weighted by atomic mass is 32.1. The molecule has 208 valence electrons. The lowest BCUT2D eigenvalue weighted by molar-refractivity contribution is 0.0689. The van der Waals surface area contributed by atoms with Crippen molar-refractivity contribution in [2.45, 2.75) is 32.2 Å². The van der Waals surface area contributed by atoms with Crippen molar-refractivity contribution < 1.29 is 19.4 Å². The summed E-state index contributed by atoms with van der Waals surface area (Å²) in [5.74, 6) is -0.426. The van der Waals surface area contributed by atoms with Gasteiger partial charge < -0.3 is 14.7 Å². The Balaban J connectivity index is 1.15. The van der Waals surface area contributed by atoms with Gasteiger partial charge >= 0.3 is 5.97 Å². The molecule has 4 aromatic rings. The Kier molecular flexibility index (Phi) is 7.67. The summed E-state index contributed by atoms with van der Waals surface area (Å²) in [6.45, 7) is 5.58. The average molecular weight is 585 g/mol. The van der Waals surface area contributed by atoms with Gasteiger partial charge in [-0.1, -0.05) is 53.8 Å². The van der Waals surface area contributed by atoms with Gasteiger partial charge in [-0.15, -0.1) is 11.3 Å². The molecule has 1 aliphatic heterocycles. The maximum absolute atomic E-state index is 13.4. The second kappa shape index (κ2) is 11.7. The number of fused-ring (bicyclic) bond motifs is 2. The number of carboxylic acid groups (broad SMARTS) is 1. The van der Waals surface area contributed by atoms with Gasteiger partial charge in [-0.2, -0.15) is 0 Å². The normalized spacial score (nSPS) is 14.6. The van der Waals surface area contributed by atoms with Gasteiger partial charge in [0.1, 0.15) is 5.76 Å². The largest absolute Gasteiger partial charge is 0.494 e. The zero-order chi connectivity index (χ0) is 28.3. The van der Waals surface area contributed by atoms with Crippen LogP contribution in [0.1, 0.15) is 49.7 Å². The molecule has 1 amide bonds. The maximum atomic E-state index is 13.4. The number of carbonyl (C=O) groups is 2. The summed E-state index contributed by atoms with van der Waals surface area (Å²) in [4.78, 5) is 37.2. The van der Waals surface area contributed by atoms with Gasteiger partial charge in [-0.05, 0) is 67.2 Å². The smallest absolute Gasteiger partial charge is 0.355 e. The number of carbonyl (C=O) groups excluding carboxylic acids is 1. The van der Waals surface area contributed by atoms with Crippen molar-refractivity contribution in [2.75, 3.05) is 23.4 Å². The maximum Gasteiger partial charge on any atom is 0.355 e. The highest BCUT2D eigenvalue weighted by Gasteiger charge is 2.26. The molecule has 3 heterocycles. The standard InChI is InChI=1S/C31H28N4O4S2/c1-19-11-13-21(14-12-19)39-17-5-10-26-27(29(37)38)33-31(41-26)35-16-15-20-6-4-7-22(23(20)18-35)28(36)34-30-32-24-8-2-3-9-25(24)40-30/h2-4,6-9,11,13-14H,1,5,10,12,15-18H2,(H,37,38)(H,32,34,36). The average Bonchev–Trinajstić information content (AvgIpc) is 3.59. The third-order valence-corrected chi connectivity index (χ3v) is 9.18. The lowest BCUT2D eigenvalue weighted by Crippen LogP contribution is -2.32. The van der Waals surface area contributed by atoms with Crippen LogP contribution in [0.25, 0.3) is 10.2 Å². The van der Waals surface area contributed by atoms with Crippen LogP contribution in [-0.2, 0) is 24.1 Å². The van der Waals surface area contributed by atoms with Crippen molar-refractivity contribution in [3.63, 3.8) is 0 Å². The summed E-state index contributed by atoms with van der Waals surface area (Å²) in [5, 5.41) is 14.0. The molecule has 6 rings (SSSR count). The number of rotatable bonds is 9. The predicted molar refractivity (Wildman–Crippen MR) is 163 cm³/mol. The Hall–Kier alpha value is -4.28. The van der Waals surface area contributed by atoms with Crippen LogP contribution in [0.4, 0.5) is 10.3 Å². The third kappa shape index (κ3) is 5.94. The van der Waals surface area contributed by atoms with Gasteiger partial charge in [0.15, 0.2) is 16.0 Å². The fraction of sp³-hybridized carbons (Fsp3) is 0.226. The molecule has 2 N–H and O–H groups in total. The summed E-state index contributed by atoms with van der Waals surface area (Å²) in [6, 6.07) is 13.6. The Labute approximate surface area is 245 Å². The summed E-state index contributed by atoms with van der Waals surface area (Å²) in [7, 11) is 0. The molecular weight excluding hydrogens is 556 g/mol. The lowest BCUT2D eigenvalue weighted by atomic mass is 9.94. The number of nitrogens with zero attached hydrogens (tertiary/aromatic N) is 3. The molecule has 0 spiro atoms. The topological polar surface area (TPSA) is 105 Å². The Morgan fingerprint density at radius 2 is 1.98 bits per heavy atom. The van der Waals surface area contributed by atoms with E-state index in [1.165, 1.54) is 22.7 Å². The molecule has 0 unspecified atom stereocenters. The summed E-state index contributed by atoms with van der Waals surface area (Å²) in [6.07, 6.45) is 8.59. The van der Waals surface area contributed by atoms with Crippen molar-refractivity contribution in [1.29, 1.82) is 0 Å². The van der Waals surface area contributed by atoms with Gasteiger partial charge in [0.05, 0.1) is 16.8 Å². The monoisotopic (exact) mass is 584 g/mol. The van der Waals surface area contributed by atoms with Crippen molar-refractivity contribution in [2.24, 2.45) is 0 Å². The second-order valence-electron chi connectivity index (χ2n) is 9.88. The minimum atomic E-state index is -1.03. The first-order valence-corrected chi connectivity index (χ1v) is 15.0. The number of carboxylic acids is 1. The molecule has 0 saturated carbocycles. The molecular formula is C31H28N4O4S2. The van der Waals surface area contributed by atoms with Crippen molar-refractivity contribution >= 4 is 55.0 Å². The molecule has 0 radical (unpaired) electrons. The van der Waals surface area contributed by atoms with E-state index >= 15 is 0 Å². The van der Waals surface area contributed by atoms with Crippen LogP contribution in [-0.4, -0.2) is 40.1 Å². The molecule has 2 aromatic heterocycles. The number of nitrogens with one attached hydrogen (secondary N) is 1. The molecule has 1 aliphatic carbocycles. The molecule has 0 fully saturated rings. The van der Waals surface area contributed by atoms with Crippen LogP contribution < -0.4 is 10.2 Å². The molecule has 8 nitrogen and oxygen atoms in total. The first-order valence-electron chi connectivity index (χ1n) is 13.4. The molecule has 2 aliphatic rings. The second-order valence-corrected chi connectivity index (χ2v) is 12.0. The van der Waals surface area contributed by atoms with E-state index in [1.54, 1.807) is 0 Å². The number of aromatic carboxylic acids is 1. The molecule has 41 heavy (non-hydrogen) atoms. The van der Waals surface area contributed by atoms with Crippen molar-refractivity contribution in [3.8, 4) is 0 Å². The van der Waals surface area contributed by atoms with Crippen LogP contribution in [0.5, 0.6) is 0 Å². The number of para-hydroxylation sites is 1. The number of anilines is 2. The zero-order valence-electron chi connectivity index (χ0n) is 22.3. The van der Waals surface area contributed by atoms with Crippen LogP contribution in [0, 0.1) is 0 Å². The van der Waals surface area contributed by atoms with Crippen molar-refractivity contribution in [1.82, 2.24) is 9.97 Å². The number of hydrogen-bond donors (Lipinski definition) is 2. The van der Waals surface area contributed by atoms with Gasteiger partial charge in [0.25, 0.3) is 5.91 Å². The van der Waals surface area contributed by atoms with E-state index in [0.29, 0.717) is 48.4 Å². The number of ether oxygens (including phenoxy) is 1. The number of hydrogen-bond acceptors (Lipinski definition) is 8. The van der Waals surface area contributed by atoms with Crippen LogP contribution in [0.3, 0.4) is 0 Å². The minimum absolute atomic E-state index is 0.0886. The van der Waals surface area contributed by atoms with E-state index < -0.39 is 5.97 Å². The number of amides is 1. The highest BCUT2D eigenvalue weighted by molar-refractivity contribution is 7.22. The SMILES string of the molecule is C=C1C=CC(OCCCc2sc(N3CCc4cccc(C(=O)Nc5nc6ccccc6s5)c4C3)nc2C(=O)O)=CC1. The number of benzene rings is 2. The first-order chi connectivity index (χ1) is 19.9. The fourth-order valence-corrected chi connectivity index (χ4v) is 6.93. The molecule has 2 aromatic carbocycles. The van der Waals surface area contributed by atoms with E-state index in [2.05, 4.69) is 26.8 Å². The van der Waals surface area contributed by atoms with Gasteiger partial charge in [-0.25, -0.2) is 14.8 Å². The third-order valence-electron chi connectivity index (χ3n) is 7.06. The minimum Gasteiger partial charge on any atom is -0.494 e. The fourth-order valence-electron chi connectivity index (χ4n) is 4.96. The molecule has 0 bridgehead atoms. The molecule has 0 saturated heterocycles. The Morgan fingerprint density at radius 1 is 1.10 bits per heavy atom. The summed E-state index contributed by atoms with van der Waals surface area (Å²) < 4.78 is 6.84. The van der Waals surface area contributed by atoms with Gasteiger partial charge in [-0.3, -0.25) is 10.1 Å². The number of aromatic nitrogens is 2. The van der Waals surface area contributed by atoms with Crippen molar-refractivity contribution in [3.05, 3.63) is 106 Å². The van der Waals surface area contributed by atoms with E-state index in [4.69, 9.17) is 4.74 Å². The van der Waals surface area contributed by atoms with Crippen LogP contribution in [0.15, 0.2) is 78.6 Å². The lowest BCUT2D eigenvalue weighted by Gasteiger charge is -2.29. The summed E-state index contributed by atoms with van der Waals surface area (Å²) >= 11 is 2.85. The highest BCUT2D eigenvalue weighted by Crippen LogP contribution is 2.33. The number of aryl methyl sites for hydroxylation is 1. The Morgan fingerprint density at radius 3 is 2.78 bits per heavy atom. The zero-order valence-corrected chi connectivity index (χ0v) is 23.9. The number of allylic oxidation sites excluding steroid dienone is 4. The number of thiazole rings is 2. The summed E-state index contributed by atoms with van der Waals surface area (Å²) in [5.41, 5.74) is 4.61.